The van der Waals surface area contributed by atoms with Gasteiger partial charge in [-0.15, -0.1) is 0 Å². The van der Waals surface area contributed by atoms with Crippen LogP contribution in [-0.4, -0.2) is 111 Å². The fourth-order valence-corrected chi connectivity index (χ4v) is 6.83. The summed E-state index contributed by atoms with van der Waals surface area (Å²) in [5, 5.41) is 2.86. The smallest absolute Gasteiger partial charge is 0.261 e. The minimum atomic E-state index is -0.454. The molecule has 1 fully saturated rings. The molecular weight excluding hydrogens is 727 g/mol. The van der Waals surface area contributed by atoms with Crippen LogP contribution in [0.15, 0.2) is 96.7 Å². The second-order valence-electron chi connectivity index (χ2n) is 13.9. The van der Waals surface area contributed by atoms with Gasteiger partial charge >= 0.3 is 0 Å². The van der Waals surface area contributed by atoms with Gasteiger partial charge in [0.15, 0.2) is 0 Å². The quantitative estimate of drug-likeness (QED) is 0.0797. The van der Waals surface area contributed by atoms with E-state index in [0.29, 0.717) is 64.7 Å². The van der Waals surface area contributed by atoms with Crippen molar-refractivity contribution in [1.82, 2.24) is 14.7 Å². The Morgan fingerprint density at radius 1 is 0.772 bits per heavy atom. The van der Waals surface area contributed by atoms with Crippen LogP contribution < -0.4 is 24.4 Å². The summed E-state index contributed by atoms with van der Waals surface area (Å²) >= 11 is 0. The van der Waals surface area contributed by atoms with Crippen LogP contribution in [0.4, 0.5) is 11.4 Å². The lowest BCUT2D eigenvalue weighted by Crippen LogP contribution is -2.44. The van der Waals surface area contributed by atoms with Gasteiger partial charge in [0.05, 0.1) is 54.1 Å². The number of methoxy groups -OCH3 is 1. The fourth-order valence-electron chi connectivity index (χ4n) is 6.83. The summed E-state index contributed by atoms with van der Waals surface area (Å²) in [6.07, 6.45) is 2.51. The Kier molecular flexibility index (Phi) is 13.4. The zero-order valence-corrected chi connectivity index (χ0v) is 32.5. The van der Waals surface area contributed by atoms with Gasteiger partial charge in [-0.25, -0.2) is 4.79 Å². The van der Waals surface area contributed by atoms with Crippen molar-refractivity contribution in [2.45, 2.75) is 25.7 Å². The number of hydrogen-bond acceptors (Lipinski definition) is 10. The van der Waals surface area contributed by atoms with Crippen LogP contribution in [0.5, 0.6) is 17.2 Å². The van der Waals surface area contributed by atoms with Gasteiger partial charge in [0.25, 0.3) is 23.6 Å². The molecule has 2 aliphatic heterocycles. The highest BCUT2D eigenvalue weighted by molar-refractivity contribution is 6.21. The molecule has 296 valence electrons. The van der Waals surface area contributed by atoms with E-state index < -0.39 is 5.91 Å². The van der Waals surface area contributed by atoms with Crippen molar-refractivity contribution in [2.75, 3.05) is 77.4 Å². The average Bonchev–Trinajstić information content (AvgIpc) is 3.48. The molecule has 13 nitrogen and oxygen atoms in total. The number of allylic oxidation sites excluding steroid dienone is 1. The Balaban J connectivity index is 1.02. The lowest BCUT2D eigenvalue weighted by Gasteiger charge is -2.34. The first-order chi connectivity index (χ1) is 27.7. The zero-order chi connectivity index (χ0) is 40.3. The predicted octanol–water partition coefficient (Wildman–Crippen LogP) is 5.80. The second-order valence-corrected chi connectivity index (χ2v) is 13.9. The van der Waals surface area contributed by atoms with E-state index in [1.807, 2.05) is 24.3 Å². The Bertz CT molecular complexity index is 2120. The number of rotatable bonds is 17. The molecule has 4 aromatic rings. The van der Waals surface area contributed by atoms with E-state index in [9.17, 15) is 24.0 Å². The Hall–Kier alpha value is -6.43. The molecule has 2 aliphatic rings. The zero-order valence-electron chi connectivity index (χ0n) is 32.5. The van der Waals surface area contributed by atoms with Crippen LogP contribution >= 0.6 is 0 Å². The molecule has 4 amide bonds. The van der Waals surface area contributed by atoms with Gasteiger partial charge in [-0.2, -0.15) is 0 Å². The number of anilines is 2. The molecule has 0 spiro atoms. The van der Waals surface area contributed by atoms with Gasteiger partial charge in [-0.1, -0.05) is 36.4 Å². The first kappa shape index (κ1) is 40.2. The summed E-state index contributed by atoms with van der Waals surface area (Å²) in [6, 6.07) is 25.6. The lowest BCUT2D eigenvalue weighted by molar-refractivity contribution is 0.0646. The third kappa shape index (κ3) is 9.52. The van der Waals surface area contributed by atoms with Crippen molar-refractivity contribution in [3.63, 3.8) is 0 Å². The van der Waals surface area contributed by atoms with Crippen molar-refractivity contribution < 1.29 is 38.2 Å². The number of likely N-dealkylation sites (N-methyl/N-ethyl adjacent to an activating group) is 1. The van der Waals surface area contributed by atoms with Gasteiger partial charge < -0.3 is 34.2 Å². The summed E-state index contributed by atoms with van der Waals surface area (Å²) < 4.78 is 17.7. The summed E-state index contributed by atoms with van der Waals surface area (Å²) in [5.74, 6) is 1.89. The monoisotopic (exact) mass is 773 g/mol. The number of benzene rings is 4. The first-order valence-electron chi connectivity index (χ1n) is 19.0. The number of carbonyl (C=O) groups is 4. The maximum absolute atomic E-state index is 13.7. The molecule has 0 aromatic heterocycles. The number of nitrogens with zero attached hydrogens (tertiary/aromatic N) is 4. The minimum absolute atomic E-state index is 0.163. The Morgan fingerprint density at radius 2 is 1.40 bits per heavy atom. The number of para-hydroxylation sites is 3. The first-order valence-corrected chi connectivity index (χ1v) is 19.0. The van der Waals surface area contributed by atoms with Gasteiger partial charge in [-0.05, 0) is 87.3 Å². The third-order valence-electron chi connectivity index (χ3n) is 10.1. The highest BCUT2D eigenvalue weighted by Gasteiger charge is 2.34. The number of carbonyl (C=O) groups excluding carboxylic acids is 5. The molecular formula is C44H47N5O8. The maximum atomic E-state index is 13.7. The standard InChI is InChI=1S/C44H47N5O8/c1-46-23-25-48(26-24-46)32(30-50)13-10-11-27-57-39-19-9-7-17-37(39)47(2)42(52)31-20-21-36(40(29-31)55-3)45-41(51)35-16-6-8-18-38(35)56-28-12-22-49-43(53)33-14-4-5-15-34(33)44(49)54/h4-9,14-21,29H,10-13,22-28H2,1-3H3,(H,45,51). The Labute approximate surface area is 332 Å². The van der Waals surface area contributed by atoms with Crippen LogP contribution in [0, 0.1) is 0 Å². The molecule has 6 rings (SSSR count). The molecule has 4 aromatic carbocycles. The van der Waals surface area contributed by atoms with Gasteiger partial charge in [-0.3, -0.25) is 24.1 Å². The molecule has 57 heavy (non-hydrogen) atoms. The number of ether oxygens (including phenoxy) is 3. The molecule has 1 N–H and O–H groups in total. The molecule has 0 unspecified atom stereocenters. The van der Waals surface area contributed by atoms with Crippen LogP contribution in [0.25, 0.3) is 0 Å². The molecule has 1 saturated heterocycles. The van der Waals surface area contributed by atoms with Crippen molar-refractivity contribution in [1.29, 1.82) is 0 Å². The van der Waals surface area contributed by atoms with E-state index in [1.165, 1.54) is 16.9 Å². The van der Waals surface area contributed by atoms with E-state index in [4.69, 9.17) is 14.2 Å². The van der Waals surface area contributed by atoms with Gasteiger partial charge in [0.1, 0.15) is 23.2 Å². The highest BCUT2D eigenvalue weighted by atomic mass is 16.5. The summed E-state index contributed by atoms with van der Waals surface area (Å²) in [6.45, 7) is 4.25. The highest BCUT2D eigenvalue weighted by Crippen LogP contribution is 2.32. The van der Waals surface area contributed by atoms with E-state index in [1.54, 1.807) is 73.8 Å². The van der Waals surface area contributed by atoms with Crippen molar-refractivity contribution >= 4 is 40.9 Å². The Morgan fingerprint density at radius 3 is 2.11 bits per heavy atom. The topological polar surface area (TPSA) is 138 Å². The number of unbranched alkanes of at least 4 members (excludes halogenated alkanes) is 1. The van der Waals surface area contributed by atoms with E-state index in [2.05, 4.69) is 28.1 Å². The number of fused-ring (bicyclic) bond motifs is 1. The van der Waals surface area contributed by atoms with Gasteiger partial charge in [0.2, 0.25) is 0 Å². The third-order valence-corrected chi connectivity index (χ3v) is 10.1. The fraction of sp³-hybridized carbons (Fsp3) is 0.318. The molecule has 13 heteroatoms. The molecule has 0 saturated carbocycles. The maximum Gasteiger partial charge on any atom is 0.261 e. The van der Waals surface area contributed by atoms with Crippen molar-refractivity contribution in [3.8, 4) is 17.2 Å². The molecule has 0 aliphatic carbocycles. The minimum Gasteiger partial charge on any atom is -0.495 e. The molecule has 0 radical (unpaired) electrons. The van der Waals surface area contributed by atoms with Crippen LogP contribution in [0.1, 0.15) is 67.1 Å². The van der Waals surface area contributed by atoms with Gasteiger partial charge in [0, 0.05) is 45.3 Å². The predicted molar refractivity (Wildman–Crippen MR) is 216 cm³/mol. The molecule has 2 heterocycles. The normalized spacial score (nSPS) is 13.8. The van der Waals surface area contributed by atoms with Crippen LogP contribution in [0.3, 0.4) is 0 Å². The summed E-state index contributed by atoms with van der Waals surface area (Å²) in [5.41, 5.74) is 3.04. The number of amides is 4. The largest absolute Gasteiger partial charge is 0.495 e. The molecule has 0 bridgehead atoms. The lowest BCUT2D eigenvalue weighted by atomic mass is 10.1. The van der Waals surface area contributed by atoms with E-state index in [0.717, 1.165) is 39.0 Å². The van der Waals surface area contributed by atoms with E-state index >= 15 is 0 Å². The number of piperazine rings is 1. The molecule has 0 atom stereocenters. The number of nitrogens with one attached hydrogen (secondary N) is 1. The van der Waals surface area contributed by atoms with Crippen molar-refractivity contribution in [3.05, 3.63) is 119 Å². The van der Waals surface area contributed by atoms with Crippen molar-refractivity contribution in [2.24, 2.45) is 0 Å². The average molecular weight is 774 g/mol. The SMILES string of the molecule is COc1cc(C(=O)N(C)c2ccccc2OCCCCC(=C=O)N2CCN(C)CC2)ccc1NC(=O)c1ccccc1OCCCN1C(=O)c2ccccc2C1=O. The van der Waals surface area contributed by atoms with Crippen LogP contribution in [0.2, 0.25) is 0 Å². The number of hydrogen-bond donors (Lipinski definition) is 1. The number of imide groups is 1. The second kappa shape index (κ2) is 18.9. The summed E-state index contributed by atoms with van der Waals surface area (Å²) in [4.78, 5) is 71.3. The van der Waals surface area contributed by atoms with Crippen LogP contribution in [-0.2, 0) is 4.79 Å². The van der Waals surface area contributed by atoms with E-state index in [-0.39, 0.29) is 42.2 Å². The summed E-state index contributed by atoms with van der Waals surface area (Å²) in [7, 11) is 5.20.